The predicted molar refractivity (Wildman–Crippen MR) is 113 cm³/mol. The van der Waals surface area contributed by atoms with Crippen LogP contribution in [-0.2, 0) is 4.74 Å². The van der Waals surface area contributed by atoms with Crippen LogP contribution < -0.4 is 0 Å². The minimum Gasteiger partial charge on any atom is -0.465 e. The summed E-state index contributed by atoms with van der Waals surface area (Å²) in [5.41, 5.74) is 3.23. The smallest absolute Gasteiger partial charge is 0.341 e. The van der Waals surface area contributed by atoms with Crippen molar-refractivity contribution in [1.82, 2.24) is 25.0 Å². The Kier molecular flexibility index (Phi) is 5.53. The van der Waals surface area contributed by atoms with Crippen molar-refractivity contribution in [2.24, 2.45) is 0 Å². The Labute approximate surface area is 178 Å². The molecular weight excluding hydrogens is 397 g/mol. The Morgan fingerprint density at radius 1 is 1.00 bits per heavy atom. The fourth-order valence-corrected chi connectivity index (χ4v) is 3.21. The van der Waals surface area contributed by atoms with E-state index in [0.717, 1.165) is 5.56 Å². The average molecular weight is 417 g/mol. The van der Waals surface area contributed by atoms with Crippen molar-refractivity contribution in [3.8, 4) is 28.5 Å². The van der Waals surface area contributed by atoms with Gasteiger partial charge in [0.05, 0.1) is 24.7 Å². The van der Waals surface area contributed by atoms with Gasteiger partial charge < -0.3 is 4.74 Å². The van der Waals surface area contributed by atoms with Crippen molar-refractivity contribution in [1.29, 1.82) is 0 Å². The Balaban J connectivity index is 1.91. The van der Waals surface area contributed by atoms with Gasteiger partial charge >= 0.3 is 5.97 Å². The van der Waals surface area contributed by atoms with Crippen LogP contribution in [-0.4, -0.2) is 38.0 Å². The first-order chi connectivity index (χ1) is 15.0. The van der Waals surface area contributed by atoms with Gasteiger partial charge in [-0.25, -0.2) is 19.2 Å². The molecule has 0 spiro atoms. The molecule has 7 nitrogen and oxygen atoms in total. The molecule has 0 aliphatic rings. The van der Waals surface area contributed by atoms with Gasteiger partial charge in [-0.1, -0.05) is 49.4 Å². The van der Waals surface area contributed by atoms with Crippen LogP contribution in [0, 0.1) is 5.82 Å². The molecule has 0 aliphatic carbocycles. The van der Waals surface area contributed by atoms with E-state index in [-0.39, 0.29) is 23.2 Å². The van der Waals surface area contributed by atoms with E-state index >= 15 is 0 Å². The van der Waals surface area contributed by atoms with E-state index in [1.807, 2.05) is 44.2 Å². The third-order valence-corrected chi connectivity index (χ3v) is 4.75. The molecule has 0 saturated carbocycles. The molecule has 2 aromatic carbocycles. The van der Waals surface area contributed by atoms with Crippen molar-refractivity contribution < 1.29 is 13.9 Å². The number of methoxy groups -OCH3 is 1. The molecular formula is C23H20FN5O2. The second-order valence-electron chi connectivity index (χ2n) is 7.20. The summed E-state index contributed by atoms with van der Waals surface area (Å²) in [6.45, 7) is 3.84. The fourth-order valence-electron chi connectivity index (χ4n) is 3.21. The molecule has 2 aromatic heterocycles. The summed E-state index contributed by atoms with van der Waals surface area (Å²) in [6, 6.07) is 15.4. The van der Waals surface area contributed by atoms with Gasteiger partial charge in [-0.05, 0) is 30.2 Å². The summed E-state index contributed by atoms with van der Waals surface area (Å²) in [4.78, 5) is 21.8. The first kappa shape index (κ1) is 20.3. The molecule has 4 rings (SSSR count). The fraction of sp³-hybridized carbons (Fsp3) is 0.174. The number of rotatable bonds is 5. The highest BCUT2D eigenvalue weighted by molar-refractivity contribution is 5.97. The van der Waals surface area contributed by atoms with Gasteiger partial charge in [-0.2, -0.15) is 4.68 Å². The minimum absolute atomic E-state index is 0.104. The van der Waals surface area contributed by atoms with Gasteiger partial charge in [-0.15, -0.1) is 5.10 Å². The molecule has 0 fully saturated rings. The van der Waals surface area contributed by atoms with Crippen LogP contribution in [0.15, 0.2) is 60.8 Å². The topological polar surface area (TPSA) is 82.8 Å². The van der Waals surface area contributed by atoms with Gasteiger partial charge in [0.2, 0.25) is 0 Å². The normalized spacial score (nSPS) is 11.0. The lowest BCUT2D eigenvalue weighted by Crippen LogP contribution is -2.16. The average Bonchev–Trinajstić information content (AvgIpc) is 3.29. The Hall–Kier alpha value is -3.94. The zero-order chi connectivity index (χ0) is 22.0. The first-order valence-electron chi connectivity index (χ1n) is 9.72. The third-order valence-electron chi connectivity index (χ3n) is 4.75. The largest absolute Gasteiger partial charge is 0.465 e. The molecule has 8 heteroatoms. The van der Waals surface area contributed by atoms with E-state index in [2.05, 4.69) is 20.3 Å². The number of benzene rings is 2. The van der Waals surface area contributed by atoms with E-state index in [4.69, 9.17) is 4.74 Å². The standard InChI is InChI=1S/C23H20FN5O2/c1-14(2)20-19(22(30)31-3)21(16-9-11-17(24)12-10-16)26-23(25-20)29-13-18(27-28-29)15-7-5-4-6-8-15/h4-14H,1-3H3. The van der Waals surface area contributed by atoms with Gasteiger partial charge in [0, 0.05) is 11.1 Å². The lowest BCUT2D eigenvalue weighted by atomic mass is 9.98. The van der Waals surface area contributed by atoms with Crippen LogP contribution in [0.5, 0.6) is 0 Å². The Bertz CT molecular complexity index is 1220. The van der Waals surface area contributed by atoms with Crippen molar-refractivity contribution in [2.45, 2.75) is 19.8 Å². The molecule has 0 N–H and O–H groups in total. The summed E-state index contributed by atoms with van der Waals surface area (Å²) in [5.74, 6) is -0.791. The highest BCUT2D eigenvalue weighted by Crippen LogP contribution is 2.29. The second-order valence-corrected chi connectivity index (χ2v) is 7.20. The highest BCUT2D eigenvalue weighted by atomic mass is 19.1. The number of carbonyl (C=O) groups is 1. The molecule has 0 amide bonds. The van der Waals surface area contributed by atoms with Crippen LogP contribution in [0.1, 0.15) is 35.8 Å². The Morgan fingerprint density at radius 2 is 1.71 bits per heavy atom. The monoisotopic (exact) mass is 417 g/mol. The number of nitrogens with zero attached hydrogens (tertiary/aromatic N) is 5. The Morgan fingerprint density at radius 3 is 2.35 bits per heavy atom. The maximum atomic E-state index is 13.5. The van der Waals surface area contributed by atoms with Gasteiger partial charge in [0.15, 0.2) is 0 Å². The van der Waals surface area contributed by atoms with Crippen LogP contribution in [0.25, 0.3) is 28.5 Å². The maximum absolute atomic E-state index is 13.5. The molecule has 156 valence electrons. The molecule has 0 saturated heterocycles. The van der Waals surface area contributed by atoms with Crippen LogP contribution >= 0.6 is 0 Å². The van der Waals surface area contributed by atoms with E-state index in [1.54, 1.807) is 18.3 Å². The van der Waals surface area contributed by atoms with E-state index < -0.39 is 5.97 Å². The molecule has 0 unspecified atom stereocenters. The lowest BCUT2D eigenvalue weighted by Gasteiger charge is -2.16. The minimum atomic E-state index is -0.557. The van der Waals surface area contributed by atoms with Crippen LogP contribution in [0.4, 0.5) is 4.39 Å². The molecule has 0 aliphatic heterocycles. The molecule has 0 radical (unpaired) electrons. The van der Waals surface area contributed by atoms with Gasteiger partial charge in [0.25, 0.3) is 5.95 Å². The summed E-state index contributed by atoms with van der Waals surface area (Å²) < 4.78 is 19.9. The number of aromatic nitrogens is 5. The molecule has 4 aromatic rings. The molecule has 0 bridgehead atoms. The molecule has 2 heterocycles. The van der Waals surface area contributed by atoms with Crippen molar-refractivity contribution in [2.75, 3.05) is 7.11 Å². The number of hydrogen-bond acceptors (Lipinski definition) is 6. The zero-order valence-electron chi connectivity index (χ0n) is 17.3. The van der Waals surface area contributed by atoms with E-state index in [0.29, 0.717) is 22.6 Å². The van der Waals surface area contributed by atoms with Crippen LogP contribution in [0.2, 0.25) is 0 Å². The van der Waals surface area contributed by atoms with Crippen molar-refractivity contribution in [3.05, 3.63) is 77.9 Å². The van der Waals surface area contributed by atoms with Crippen molar-refractivity contribution in [3.63, 3.8) is 0 Å². The van der Waals surface area contributed by atoms with E-state index in [9.17, 15) is 9.18 Å². The summed E-state index contributed by atoms with van der Waals surface area (Å²) in [6.07, 6.45) is 1.72. The maximum Gasteiger partial charge on any atom is 0.341 e. The summed E-state index contributed by atoms with van der Waals surface area (Å²) in [7, 11) is 1.30. The van der Waals surface area contributed by atoms with Crippen LogP contribution in [0.3, 0.4) is 0 Å². The molecule has 0 atom stereocenters. The number of carbonyl (C=O) groups excluding carboxylic acids is 1. The second kappa shape index (κ2) is 8.43. The van der Waals surface area contributed by atoms with E-state index in [1.165, 1.54) is 23.9 Å². The summed E-state index contributed by atoms with van der Waals surface area (Å²) >= 11 is 0. The molecule has 31 heavy (non-hydrogen) atoms. The first-order valence-corrected chi connectivity index (χ1v) is 9.72. The highest BCUT2D eigenvalue weighted by Gasteiger charge is 2.25. The van der Waals surface area contributed by atoms with Crippen molar-refractivity contribution >= 4 is 5.97 Å². The number of hydrogen-bond donors (Lipinski definition) is 0. The zero-order valence-corrected chi connectivity index (χ0v) is 17.3. The van der Waals surface area contributed by atoms with Gasteiger partial charge in [-0.3, -0.25) is 0 Å². The number of halogens is 1. The SMILES string of the molecule is COC(=O)c1c(-c2ccc(F)cc2)nc(-n2cc(-c3ccccc3)nn2)nc1C(C)C. The summed E-state index contributed by atoms with van der Waals surface area (Å²) in [5, 5.41) is 8.39. The number of ether oxygens (including phenoxy) is 1. The number of esters is 1. The predicted octanol–water partition coefficient (Wildman–Crippen LogP) is 4.44. The quantitative estimate of drug-likeness (QED) is 0.447. The third kappa shape index (κ3) is 4.05. The lowest BCUT2D eigenvalue weighted by molar-refractivity contribution is 0.0599. The van der Waals surface area contributed by atoms with Gasteiger partial charge in [0.1, 0.15) is 17.1 Å².